The molecule has 1 N–H and O–H groups in total. The quantitative estimate of drug-likeness (QED) is 0.181. The number of aromatic nitrogens is 3. The van der Waals surface area contributed by atoms with Crippen LogP contribution in [-0.4, -0.2) is 25.6 Å². The van der Waals surface area contributed by atoms with Gasteiger partial charge in [0.15, 0.2) is 0 Å². The molecule has 9 heteroatoms. The number of pyridine rings is 1. The number of rotatable bonds is 7. The maximum Gasteiger partial charge on any atom is 0.272 e. The zero-order valence-electron chi connectivity index (χ0n) is 21.1. The Morgan fingerprint density at radius 2 is 1.79 bits per heavy atom. The zero-order chi connectivity index (χ0) is 26.8. The third kappa shape index (κ3) is 5.14. The molecule has 0 radical (unpaired) electrons. The van der Waals surface area contributed by atoms with Crippen LogP contribution in [0.5, 0.6) is 0 Å². The lowest BCUT2D eigenvalue weighted by molar-refractivity contribution is -0.385. The number of non-ortho nitro benzene ring substituents is 1. The van der Waals surface area contributed by atoms with Crippen molar-refractivity contribution in [3.63, 3.8) is 0 Å². The Morgan fingerprint density at radius 1 is 1.03 bits per heavy atom. The van der Waals surface area contributed by atoms with Crippen LogP contribution in [0.25, 0.3) is 22.2 Å². The molecule has 0 unspecified atom stereocenters. The van der Waals surface area contributed by atoms with Gasteiger partial charge in [-0.1, -0.05) is 47.7 Å². The molecule has 0 atom stereocenters. The van der Waals surface area contributed by atoms with Crippen LogP contribution in [0, 0.1) is 24.0 Å². The first-order chi connectivity index (χ1) is 18.3. The lowest BCUT2D eigenvalue weighted by atomic mass is 10.0. The first-order valence-corrected chi connectivity index (χ1v) is 12.9. The van der Waals surface area contributed by atoms with Crippen molar-refractivity contribution in [3.8, 4) is 11.3 Å². The average Bonchev–Trinajstić information content (AvgIpc) is 3.29. The van der Waals surface area contributed by atoms with E-state index in [0.717, 1.165) is 28.3 Å². The number of benzene rings is 3. The van der Waals surface area contributed by atoms with Gasteiger partial charge in [0.25, 0.3) is 11.6 Å². The molecule has 0 aliphatic rings. The minimum absolute atomic E-state index is 0.0970. The summed E-state index contributed by atoms with van der Waals surface area (Å²) in [5.41, 5.74) is 4.92. The van der Waals surface area contributed by atoms with Crippen LogP contribution in [0.1, 0.15) is 28.5 Å². The summed E-state index contributed by atoms with van der Waals surface area (Å²) in [5.74, 6) is -0.378. The summed E-state index contributed by atoms with van der Waals surface area (Å²) in [6.45, 7) is 6.71. The summed E-state index contributed by atoms with van der Waals surface area (Å²) in [4.78, 5) is 31.2. The van der Waals surface area contributed by atoms with Crippen LogP contribution in [0.3, 0.4) is 0 Å². The molecule has 2 aromatic heterocycles. The van der Waals surface area contributed by atoms with Gasteiger partial charge in [0.2, 0.25) is 0 Å². The summed E-state index contributed by atoms with van der Waals surface area (Å²) < 4.78 is 1.88. The fraction of sp³-hybridized carbons (Fsp3) is 0.138. The van der Waals surface area contributed by atoms with Gasteiger partial charge in [-0.3, -0.25) is 19.6 Å². The summed E-state index contributed by atoms with van der Waals surface area (Å²) in [6.07, 6.45) is 1.76. The molecule has 38 heavy (non-hydrogen) atoms. The van der Waals surface area contributed by atoms with Crippen molar-refractivity contribution in [3.05, 3.63) is 106 Å². The second-order valence-corrected chi connectivity index (χ2v) is 10.0. The summed E-state index contributed by atoms with van der Waals surface area (Å²) in [7, 11) is 0. The minimum atomic E-state index is -0.455. The van der Waals surface area contributed by atoms with Crippen molar-refractivity contribution in [1.29, 1.82) is 0 Å². The SMILES string of the molecule is CCn1ncc(-c2cc(C(=O)Nc3cc(Sc4ccc(C)cc4)cc([N+](=O)[O-])c3)c3ccccc3n2)c1C. The van der Waals surface area contributed by atoms with E-state index in [0.29, 0.717) is 32.7 Å². The largest absolute Gasteiger partial charge is 0.322 e. The number of aryl methyl sites for hydroxylation is 2. The van der Waals surface area contributed by atoms with Gasteiger partial charge in [-0.05, 0) is 51.1 Å². The van der Waals surface area contributed by atoms with E-state index in [4.69, 9.17) is 4.98 Å². The zero-order valence-corrected chi connectivity index (χ0v) is 22.0. The van der Waals surface area contributed by atoms with Crippen LogP contribution < -0.4 is 5.32 Å². The second kappa shape index (κ2) is 10.5. The van der Waals surface area contributed by atoms with E-state index in [-0.39, 0.29) is 11.6 Å². The standard InChI is InChI=1S/C29H25N5O3S/c1-4-33-19(3)26(17-30-33)28-16-25(24-7-5-6-8-27(24)32-28)29(35)31-20-13-21(34(36)37)15-23(14-20)38-22-11-9-18(2)10-12-22/h5-17H,4H2,1-3H3,(H,31,35). The van der Waals surface area contributed by atoms with Crippen LogP contribution in [0.15, 0.2) is 88.8 Å². The van der Waals surface area contributed by atoms with Gasteiger partial charge in [-0.2, -0.15) is 5.10 Å². The molecule has 5 rings (SSSR count). The number of fused-ring (bicyclic) bond motifs is 1. The summed E-state index contributed by atoms with van der Waals surface area (Å²) in [6, 6.07) is 21.7. The predicted molar refractivity (Wildman–Crippen MR) is 150 cm³/mol. The highest BCUT2D eigenvalue weighted by Crippen LogP contribution is 2.34. The van der Waals surface area contributed by atoms with Gasteiger partial charge in [0, 0.05) is 50.8 Å². The van der Waals surface area contributed by atoms with E-state index in [2.05, 4.69) is 10.4 Å². The second-order valence-electron chi connectivity index (χ2n) is 8.87. The number of nitrogens with zero attached hydrogens (tertiary/aromatic N) is 4. The van der Waals surface area contributed by atoms with Gasteiger partial charge in [-0.15, -0.1) is 0 Å². The van der Waals surface area contributed by atoms with Crippen LogP contribution >= 0.6 is 11.8 Å². The van der Waals surface area contributed by atoms with Gasteiger partial charge in [0.1, 0.15) is 0 Å². The van der Waals surface area contributed by atoms with Crippen LogP contribution in [0.4, 0.5) is 11.4 Å². The summed E-state index contributed by atoms with van der Waals surface area (Å²) >= 11 is 1.40. The molecule has 190 valence electrons. The van der Waals surface area contributed by atoms with Crippen molar-refractivity contribution in [2.45, 2.75) is 37.1 Å². The topological polar surface area (TPSA) is 103 Å². The number of para-hydroxylation sites is 1. The van der Waals surface area contributed by atoms with E-state index in [1.54, 1.807) is 18.3 Å². The Balaban J connectivity index is 1.53. The smallest absolute Gasteiger partial charge is 0.272 e. The number of nitro groups is 1. The molecule has 0 fully saturated rings. The number of anilines is 1. The Morgan fingerprint density at radius 3 is 2.50 bits per heavy atom. The number of carbonyl (C=O) groups is 1. The number of amides is 1. The average molecular weight is 524 g/mol. The van der Waals surface area contributed by atoms with E-state index >= 15 is 0 Å². The monoisotopic (exact) mass is 523 g/mol. The molecule has 0 saturated heterocycles. The highest BCUT2D eigenvalue weighted by atomic mass is 32.2. The summed E-state index contributed by atoms with van der Waals surface area (Å²) in [5, 5.41) is 19.7. The fourth-order valence-electron chi connectivity index (χ4n) is 4.28. The molecular formula is C29H25N5O3S. The first-order valence-electron chi connectivity index (χ1n) is 12.1. The molecule has 1 amide bonds. The van der Waals surface area contributed by atoms with Gasteiger partial charge >= 0.3 is 0 Å². The molecule has 3 aromatic carbocycles. The Bertz CT molecular complexity index is 1680. The van der Waals surface area contributed by atoms with E-state index in [9.17, 15) is 14.9 Å². The van der Waals surface area contributed by atoms with E-state index in [1.807, 2.05) is 74.0 Å². The van der Waals surface area contributed by atoms with Crippen molar-refractivity contribution in [1.82, 2.24) is 14.8 Å². The Labute approximate surface area is 223 Å². The Kier molecular flexibility index (Phi) is 6.93. The number of hydrogen-bond donors (Lipinski definition) is 1. The third-order valence-electron chi connectivity index (χ3n) is 6.26. The van der Waals surface area contributed by atoms with E-state index in [1.165, 1.54) is 23.9 Å². The van der Waals surface area contributed by atoms with Crippen molar-refractivity contribution in [2.24, 2.45) is 0 Å². The van der Waals surface area contributed by atoms with Gasteiger partial charge in [-0.25, -0.2) is 4.98 Å². The molecular weight excluding hydrogens is 498 g/mol. The molecule has 0 spiro atoms. The maximum atomic E-state index is 13.6. The molecule has 0 bridgehead atoms. The fourth-order valence-corrected chi connectivity index (χ4v) is 5.19. The van der Waals surface area contributed by atoms with Gasteiger partial charge < -0.3 is 5.32 Å². The van der Waals surface area contributed by atoms with Crippen molar-refractivity contribution in [2.75, 3.05) is 5.32 Å². The van der Waals surface area contributed by atoms with E-state index < -0.39 is 4.92 Å². The molecule has 2 heterocycles. The third-order valence-corrected chi connectivity index (χ3v) is 7.24. The van der Waals surface area contributed by atoms with Crippen molar-refractivity contribution < 1.29 is 9.72 Å². The minimum Gasteiger partial charge on any atom is -0.322 e. The van der Waals surface area contributed by atoms with Crippen LogP contribution in [0.2, 0.25) is 0 Å². The van der Waals surface area contributed by atoms with Crippen LogP contribution in [-0.2, 0) is 6.54 Å². The number of hydrogen-bond acceptors (Lipinski definition) is 6. The predicted octanol–water partition coefficient (Wildman–Crippen LogP) is 7.05. The molecule has 5 aromatic rings. The first kappa shape index (κ1) is 25.2. The molecule has 0 aliphatic carbocycles. The Hall–Kier alpha value is -4.50. The van der Waals surface area contributed by atoms with Crippen molar-refractivity contribution >= 4 is 39.9 Å². The molecule has 0 saturated carbocycles. The number of carbonyl (C=O) groups excluding carboxylic acids is 1. The lowest BCUT2D eigenvalue weighted by Gasteiger charge is -2.12. The lowest BCUT2D eigenvalue weighted by Crippen LogP contribution is -2.13. The highest BCUT2D eigenvalue weighted by Gasteiger charge is 2.18. The van der Waals surface area contributed by atoms with Gasteiger partial charge in [0.05, 0.1) is 27.9 Å². The number of nitro benzene ring substituents is 1. The maximum absolute atomic E-state index is 13.6. The number of nitrogens with one attached hydrogen (secondary N) is 1. The normalized spacial score (nSPS) is 11.0. The molecule has 0 aliphatic heterocycles. The highest BCUT2D eigenvalue weighted by molar-refractivity contribution is 7.99. The molecule has 8 nitrogen and oxygen atoms in total.